The number of carbonyl (C=O) groups is 2. The fourth-order valence-electron chi connectivity index (χ4n) is 5.39. The molecule has 4 aromatic rings. The highest BCUT2D eigenvalue weighted by Crippen LogP contribution is 2.36. The molecule has 0 radical (unpaired) electrons. The van der Waals surface area contributed by atoms with E-state index in [1.807, 2.05) is 22.6 Å². The van der Waals surface area contributed by atoms with Crippen molar-refractivity contribution in [2.24, 2.45) is 0 Å². The van der Waals surface area contributed by atoms with Gasteiger partial charge in [-0.25, -0.2) is 14.4 Å². The zero-order valence-electron chi connectivity index (χ0n) is 23.0. The van der Waals surface area contributed by atoms with Crippen LogP contribution in [0.5, 0.6) is 0 Å². The summed E-state index contributed by atoms with van der Waals surface area (Å²) in [7, 11) is 0. The fraction of sp³-hybridized carbons (Fsp3) is 0.333. The van der Waals surface area contributed by atoms with Crippen molar-refractivity contribution < 1.29 is 23.8 Å². The summed E-state index contributed by atoms with van der Waals surface area (Å²) in [5, 5.41) is 16.8. The zero-order chi connectivity index (χ0) is 28.9. The van der Waals surface area contributed by atoms with E-state index in [2.05, 4.69) is 40.8 Å². The van der Waals surface area contributed by atoms with E-state index in [0.29, 0.717) is 47.8 Å². The summed E-state index contributed by atoms with van der Waals surface area (Å²) < 4.78 is 21.1. The standard InChI is InChI=1S/C29H31FN6O2.CH2O2/c1-17(2)31-15-24-20(18-8-11-38-12-9-18)4-6-26(35-24)34-23-5-3-21(22-14-33-29(37)28(22)23)25-16-32-27-13-19(30)7-10-36(25)27;2-1-3/h3-7,10,13,16-18,31H,8-9,11-12,14-15H2,1-2H3,(H,33,37)(H,34,35);1H,(H,2,3). The number of fused-ring (bicyclic) bond motifs is 2. The SMILES string of the molecule is CC(C)NCc1nc(Nc2ccc(-c3cnc4cc(F)ccn34)c3c2C(=O)NC3)ccc1C1CCOCC1.O=CO. The lowest BCUT2D eigenvalue weighted by Crippen LogP contribution is -2.25. The summed E-state index contributed by atoms with van der Waals surface area (Å²) in [6.07, 6.45) is 5.36. The minimum atomic E-state index is -0.338. The molecule has 41 heavy (non-hydrogen) atoms. The van der Waals surface area contributed by atoms with Gasteiger partial charge in [0.2, 0.25) is 0 Å². The van der Waals surface area contributed by atoms with E-state index in [9.17, 15) is 9.18 Å². The molecule has 0 aliphatic carbocycles. The van der Waals surface area contributed by atoms with Crippen molar-refractivity contribution in [1.29, 1.82) is 0 Å². The zero-order valence-corrected chi connectivity index (χ0v) is 23.0. The number of hydrogen-bond donors (Lipinski definition) is 4. The van der Waals surface area contributed by atoms with Crippen LogP contribution < -0.4 is 16.0 Å². The van der Waals surface area contributed by atoms with E-state index < -0.39 is 0 Å². The maximum Gasteiger partial charge on any atom is 0.290 e. The second kappa shape index (κ2) is 12.4. The van der Waals surface area contributed by atoms with Gasteiger partial charge in [-0.3, -0.25) is 14.0 Å². The smallest absolute Gasteiger partial charge is 0.290 e. The highest BCUT2D eigenvalue weighted by Gasteiger charge is 2.28. The van der Waals surface area contributed by atoms with Crippen LogP contribution in [0, 0.1) is 5.82 Å². The number of carbonyl (C=O) groups excluding carboxylic acids is 1. The van der Waals surface area contributed by atoms with E-state index in [4.69, 9.17) is 19.6 Å². The molecule has 4 N–H and O–H groups in total. The number of anilines is 2. The molecular formula is C30H33FN6O4. The average Bonchev–Trinajstić information content (AvgIpc) is 3.57. The Morgan fingerprint density at radius 3 is 2.76 bits per heavy atom. The van der Waals surface area contributed by atoms with Crippen molar-refractivity contribution in [3.8, 4) is 11.3 Å². The van der Waals surface area contributed by atoms with E-state index in [0.717, 1.165) is 48.6 Å². The number of halogens is 1. The molecule has 1 amide bonds. The largest absolute Gasteiger partial charge is 0.483 e. The van der Waals surface area contributed by atoms with Gasteiger partial charge >= 0.3 is 0 Å². The van der Waals surface area contributed by atoms with Gasteiger partial charge in [-0.15, -0.1) is 0 Å². The first-order valence-electron chi connectivity index (χ1n) is 13.6. The first-order valence-corrected chi connectivity index (χ1v) is 13.6. The molecule has 10 nitrogen and oxygen atoms in total. The Balaban J connectivity index is 0.00000108. The van der Waals surface area contributed by atoms with Crippen molar-refractivity contribution in [3.05, 3.63) is 77.0 Å². The molecule has 2 aliphatic rings. The quantitative estimate of drug-likeness (QED) is 0.241. The molecule has 2 aliphatic heterocycles. The fourth-order valence-corrected chi connectivity index (χ4v) is 5.39. The normalized spacial score (nSPS) is 14.9. The van der Waals surface area contributed by atoms with Gasteiger partial charge in [0.25, 0.3) is 12.4 Å². The third-order valence-corrected chi connectivity index (χ3v) is 7.33. The molecule has 11 heteroatoms. The number of amides is 1. The molecule has 0 bridgehead atoms. The molecule has 0 unspecified atom stereocenters. The third kappa shape index (κ3) is 6.06. The van der Waals surface area contributed by atoms with Crippen molar-refractivity contribution in [2.75, 3.05) is 18.5 Å². The van der Waals surface area contributed by atoms with Gasteiger partial charge in [-0.05, 0) is 48.1 Å². The van der Waals surface area contributed by atoms with E-state index in [-0.39, 0.29) is 18.2 Å². The van der Waals surface area contributed by atoms with Crippen molar-refractivity contribution in [2.45, 2.75) is 51.7 Å². The Hall–Kier alpha value is -4.35. The third-order valence-electron chi connectivity index (χ3n) is 7.33. The van der Waals surface area contributed by atoms with Crippen LogP contribution >= 0.6 is 0 Å². The molecule has 6 rings (SSSR count). The molecule has 0 saturated carbocycles. The number of pyridine rings is 2. The highest BCUT2D eigenvalue weighted by atomic mass is 19.1. The Morgan fingerprint density at radius 1 is 1.22 bits per heavy atom. The average molecular weight is 561 g/mol. The van der Waals surface area contributed by atoms with Crippen LogP contribution in [0.4, 0.5) is 15.9 Å². The second-order valence-corrected chi connectivity index (χ2v) is 10.3. The Morgan fingerprint density at radius 2 is 2.00 bits per heavy atom. The van der Waals surface area contributed by atoms with Crippen molar-refractivity contribution in [3.63, 3.8) is 0 Å². The van der Waals surface area contributed by atoms with Crippen LogP contribution in [0.2, 0.25) is 0 Å². The first kappa shape index (κ1) is 28.2. The minimum absolute atomic E-state index is 0.135. The van der Waals surface area contributed by atoms with Crippen LogP contribution in [-0.2, 0) is 22.6 Å². The van der Waals surface area contributed by atoms with E-state index in [1.54, 1.807) is 12.4 Å². The number of imidazole rings is 1. The summed E-state index contributed by atoms with van der Waals surface area (Å²) in [6, 6.07) is 11.2. The van der Waals surface area contributed by atoms with Crippen LogP contribution in [0.25, 0.3) is 16.9 Å². The maximum atomic E-state index is 13.7. The van der Waals surface area contributed by atoms with Gasteiger partial charge in [0.05, 0.1) is 28.8 Å². The number of carboxylic acid groups (broad SMARTS) is 1. The van der Waals surface area contributed by atoms with Crippen LogP contribution in [0.3, 0.4) is 0 Å². The summed E-state index contributed by atoms with van der Waals surface area (Å²) in [6.45, 7) is 6.63. The highest BCUT2D eigenvalue weighted by molar-refractivity contribution is 6.06. The predicted octanol–water partition coefficient (Wildman–Crippen LogP) is 4.62. The second-order valence-electron chi connectivity index (χ2n) is 10.3. The minimum Gasteiger partial charge on any atom is -0.483 e. The Labute approximate surface area is 237 Å². The number of nitrogens with one attached hydrogen (secondary N) is 3. The molecule has 1 fully saturated rings. The molecule has 0 atom stereocenters. The summed E-state index contributed by atoms with van der Waals surface area (Å²) in [4.78, 5) is 30.7. The monoisotopic (exact) mass is 560 g/mol. The lowest BCUT2D eigenvalue weighted by atomic mass is 9.90. The van der Waals surface area contributed by atoms with Crippen LogP contribution in [0.15, 0.2) is 48.8 Å². The van der Waals surface area contributed by atoms with E-state index >= 15 is 0 Å². The maximum absolute atomic E-state index is 13.7. The van der Waals surface area contributed by atoms with Crippen molar-refractivity contribution >= 4 is 29.5 Å². The van der Waals surface area contributed by atoms with Gasteiger partial charge in [0.15, 0.2) is 0 Å². The molecule has 1 aromatic carbocycles. The molecule has 3 aromatic heterocycles. The lowest BCUT2D eigenvalue weighted by molar-refractivity contribution is -0.122. The van der Waals surface area contributed by atoms with Gasteiger partial charge in [-0.2, -0.15) is 0 Å². The number of rotatable bonds is 7. The Kier molecular flexibility index (Phi) is 8.55. The molecular weight excluding hydrogens is 527 g/mol. The number of nitrogens with zero attached hydrogens (tertiary/aromatic N) is 3. The first-order chi connectivity index (χ1) is 19.9. The number of hydrogen-bond acceptors (Lipinski definition) is 7. The molecule has 5 heterocycles. The predicted molar refractivity (Wildman–Crippen MR) is 153 cm³/mol. The number of benzene rings is 1. The van der Waals surface area contributed by atoms with Crippen LogP contribution in [0.1, 0.15) is 59.8 Å². The summed E-state index contributed by atoms with van der Waals surface area (Å²) >= 11 is 0. The summed E-state index contributed by atoms with van der Waals surface area (Å²) in [5.74, 6) is 0.656. The molecule has 214 valence electrons. The Bertz CT molecular complexity index is 1560. The summed E-state index contributed by atoms with van der Waals surface area (Å²) in [5.41, 5.74) is 6.66. The number of ether oxygens (including phenoxy) is 1. The van der Waals surface area contributed by atoms with Crippen molar-refractivity contribution in [1.82, 2.24) is 25.0 Å². The topological polar surface area (TPSA) is 130 Å². The number of aromatic nitrogens is 3. The van der Waals surface area contributed by atoms with E-state index in [1.165, 1.54) is 17.7 Å². The van der Waals surface area contributed by atoms with Gasteiger partial charge in [0, 0.05) is 50.2 Å². The molecule has 1 saturated heterocycles. The lowest BCUT2D eigenvalue weighted by Gasteiger charge is -2.25. The van der Waals surface area contributed by atoms with Gasteiger partial charge in [0.1, 0.15) is 17.3 Å². The van der Waals surface area contributed by atoms with Gasteiger partial charge < -0.3 is 25.8 Å². The molecule has 0 spiro atoms. The van der Waals surface area contributed by atoms with Crippen LogP contribution in [-0.4, -0.2) is 51.1 Å². The van der Waals surface area contributed by atoms with Gasteiger partial charge in [-0.1, -0.05) is 26.0 Å².